The second-order valence-corrected chi connectivity index (χ2v) is 5.54. The van der Waals surface area contributed by atoms with Crippen LogP contribution in [0.4, 0.5) is 0 Å². The molecule has 7 nitrogen and oxygen atoms in total. The molecule has 7 heteroatoms. The number of hydrogen-bond acceptors (Lipinski definition) is 7. The van der Waals surface area contributed by atoms with Gasteiger partial charge >= 0.3 is 0 Å². The largest absolute Gasteiger partial charge is 0.493 e. The molecule has 0 atom stereocenters. The SMILES string of the molecule is COc1cc(C(=O)C=Cc2ccc(OC)c(OC)c2OC)cc(OC)c1OC. The summed E-state index contributed by atoms with van der Waals surface area (Å²) < 4.78 is 31.9. The first-order chi connectivity index (χ1) is 13.5. The maximum atomic E-state index is 12.7. The van der Waals surface area contributed by atoms with Gasteiger partial charge in [0.05, 0.1) is 42.7 Å². The average Bonchev–Trinajstić information content (AvgIpc) is 2.75. The lowest BCUT2D eigenvalue weighted by atomic mass is 10.1. The van der Waals surface area contributed by atoms with Gasteiger partial charge in [0.2, 0.25) is 11.5 Å². The molecular formula is C21H24O7. The van der Waals surface area contributed by atoms with Crippen LogP contribution in [-0.4, -0.2) is 48.4 Å². The zero-order valence-electron chi connectivity index (χ0n) is 16.8. The molecule has 150 valence electrons. The van der Waals surface area contributed by atoms with E-state index in [0.29, 0.717) is 45.6 Å². The molecule has 0 bridgehead atoms. The summed E-state index contributed by atoms with van der Waals surface area (Å²) in [4.78, 5) is 12.7. The lowest BCUT2D eigenvalue weighted by Gasteiger charge is -2.14. The molecule has 0 aliphatic heterocycles. The molecule has 2 aromatic carbocycles. The van der Waals surface area contributed by atoms with E-state index >= 15 is 0 Å². The minimum atomic E-state index is -0.240. The maximum Gasteiger partial charge on any atom is 0.203 e. The van der Waals surface area contributed by atoms with Gasteiger partial charge < -0.3 is 28.4 Å². The topological polar surface area (TPSA) is 72.5 Å². The Labute approximate surface area is 164 Å². The lowest BCUT2D eigenvalue weighted by Crippen LogP contribution is -2.01. The molecule has 0 amide bonds. The number of hydrogen-bond donors (Lipinski definition) is 0. The fourth-order valence-corrected chi connectivity index (χ4v) is 2.74. The van der Waals surface area contributed by atoms with Crippen molar-refractivity contribution in [1.82, 2.24) is 0 Å². The third-order valence-corrected chi connectivity index (χ3v) is 4.10. The van der Waals surface area contributed by atoms with Crippen molar-refractivity contribution in [3.63, 3.8) is 0 Å². The Kier molecular flexibility index (Phi) is 7.14. The van der Waals surface area contributed by atoms with E-state index < -0.39 is 0 Å². The Morgan fingerprint density at radius 3 is 1.68 bits per heavy atom. The molecule has 2 rings (SSSR count). The second-order valence-electron chi connectivity index (χ2n) is 5.54. The molecule has 28 heavy (non-hydrogen) atoms. The van der Waals surface area contributed by atoms with Crippen LogP contribution in [0.3, 0.4) is 0 Å². The van der Waals surface area contributed by atoms with Crippen LogP contribution >= 0.6 is 0 Å². The van der Waals surface area contributed by atoms with Crippen molar-refractivity contribution in [2.24, 2.45) is 0 Å². The first-order valence-electron chi connectivity index (χ1n) is 8.35. The van der Waals surface area contributed by atoms with Gasteiger partial charge in [-0.05, 0) is 36.4 Å². The summed E-state index contributed by atoms with van der Waals surface area (Å²) in [6, 6.07) is 6.71. The Balaban J connectivity index is 2.41. The van der Waals surface area contributed by atoms with Gasteiger partial charge in [-0.1, -0.05) is 0 Å². The molecule has 0 saturated heterocycles. The van der Waals surface area contributed by atoms with Gasteiger partial charge in [0.25, 0.3) is 0 Å². The maximum absolute atomic E-state index is 12.7. The molecule has 0 aliphatic carbocycles. The fraction of sp³-hybridized carbons (Fsp3) is 0.286. The predicted molar refractivity (Wildman–Crippen MR) is 106 cm³/mol. The van der Waals surface area contributed by atoms with E-state index in [9.17, 15) is 4.79 Å². The predicted octanol–water partition coefficient (Wildman–Crippen LogP) is 3.63. The summed E-state index contributed by atoms with van der Waals surface area (Å²) in [7, 11) is 9.09. The third kappa shape index (κ3) is 4.14. The number of benzene rings is 2. The minimum absolute atomic E-state index is 0.240. The van der Waals surface area contributed by atoms with Gasteiger partial charge in [0.15, 0.2) is 28.8 Å². The highest BCUT2D eigenvalue weighted by molar-refractivity contribution is 6.07. The standard InChI is InChI=1S/C21H24O7/c1-23-16-10-8-13(19(26-4)21(16)28-6)7-9-15(22)14-11-17(24-2)20(27-5)18(12-14)25-3/h7-12H,1-6H3. The first kappa shape index (κ1) is 21.0. The minimum Gasteiger partial charge on any atom is -0.493 e. The number of methoxy groups -OCH3 is 6. The van der Waals surface area contributed by atoms with Gasteiger partial charge in [-0.2, -0.15) is 0 Å². The van der Waals surface area contributed by atoms with Crippen LogP contribution in [-0.2, 0) is 0 Å². The first-order valence-corrected chi connectivity index (χ1v) is 8.35. The molecule has 0 N–H and O–H groups in total. The number of carbonyl (C=O) groups excluding carboxylic acids is 1. The molecule has 0 aromatic heterocycles. The van der Waals surface area contributed by atoms with Crippen molar-refractivity contribution in [2.45, 2.75) is 0 Å². The number of carbonyl (C=O) groups is 1. The van der Waals surface area contributed by atoms with E-state index in [4.69, 9.17) is 28.4 Å². The van der Waals surface area contributed by atoms with E-state index in [0.717, 1.165) is 0 Å². The summed E-state index contributed by atoms with van der Waals surface area (Å²) in [6.07, 6.45) is 3.08. The van der Waals surface area contributed by atoms with Crippen LogP contribution in [0.2, 0.25) is 0 Å². The number of rotatable bonds is 9. The van der Waals surface area contributed by atoms with Crippen molar-refractivity contribution in [3.8, 4) is 34.5 Å². The molecule has 0 heterocycles. The molecule has 0 aliphatic rings. The molecule has 0 radical (unpaired) electrons. The van der Waals surface area contributed by atoms with E-state index in [1.165, 1.54) is 41.6 Å². The summed E-state index contributed by atoms with van der Waals surface area (Å²) in [5.41, 5.74) is 1.06. The molecular weight excluding hydrogens is 364 g/mol. The van der Waals surface area contributed by atoms with Crippen molar-refractivity contribution < 1.29 is 33.2 Å². The Morgan fingerprint density at radius 1 is 0.679 bits per heavy atom. The lowest BCUT2D eigenvalue weighted by molar-refractivity contribution is 0.104. The van der Waals surface area contributed by atoms with E-state index in [1.807, 2.05) is 0 Å². The summed E-state index contributed by atoms with van der Waals surface area (Å²) >= 11 is 0. The fourth-order valence-electron chi connectivity index (χ4n) is 2.74. The van der Waals surface area contributed by atoms with Gasteiger partial charge in [0.1, 0.15) is 0 Å². The van der Waals surface area contributed by atoms with Crippen molar-refractivity contribution in [1.29, 1.82) is 0 Å². The second kappa shape index (κ2) is 9.55. The quantitative estimate of drug-likeness (QED) is 0.480. The third-order valence-electron chi connectivity index (χ3n) is 4.10. The van der Waals surface area contributed by atoms with Crippen LogP contribution in [0.5, 0.6) is 34.5 Å². The van der Waals surface area contributed by atoms with Crippen LogP contribution in [0, 0.1) is 0 Å². The normalized spacial score (nSPS) is 10.5. The van der Waals surface area contributed by atoms with Crippen molar-refractivity contribution in [2.75, 3.05) is 42.7 Å². The Hall–Kier alpha value is -3.35. The number of ketones is 1. The Morgan fingerprint density at radius 2 is 1.21 bits per heavy atom. The van der Waals surface area contributed by atoms with Gasteiger partial charge in [-0.15, -0.1) is 0 Å². The van der Waals surface area contributed by atoms with Crippen LogP contribution < -0.4 is 28.4 Å². The molecule has 0 saturated carbocycles. The van der Waals surface area contributed by atoms with E-state index in [1.54, 1.807) is 37.5 Å². The monoisotopic (exact) mass is 388 g/mol. The Bertz CT molecular complexity index is 846. The highest BCUT2D eigenvalue weighted by atomic mass is 16.5. The van der Waals surface area contributed by atoms with Crippen molar-refractivity contribution >= 4 is 11.9 Å². The summed E-state index contributed by atoms with van der Waals surface area (Å²) in [5.74, 6) is 2.45. The van der Waals surface area contributed by atoms with E-state index in [-0.39, 0.29) is 5.78 Å². The summed E-state index contributed by atoms with van der Waals surface area (Å²) in [6.45, 7) is 0. The smallest absolute Gasteiger partial charge is 0.203 e. The highest BCUT2D eigenvalue weighted by Crippen LogP contribution is 2.41. The van der Waals surface area contributed by atoms with Crippen molar-refractivity contribution in [3.05, 3.63) is 41.5 Å². The van der Waals surface area contributed by atoms with Crippen LogP contribution in [0.1, 0.15) is 15.9 Å². The van der Waals surface area contributed by atoms with Gasteiger partial charge in [-0.25, -0.2) is 0 Å². The van der Waals surface area contributed by atoms with Gasteiger partial charge in [0, 0.05) is 11.1 Å². The molecule has 2 aromatic rings. The number of ether oxygens (including phenoxy) is 6. The van der Waals surface area contributed by atoms with Gasteiger partial charge in [-0.3, -0.25) is 4.79 Å². The zero-order chi connectivity index (χ0) is 20.7. The molecule has 0 unspecified atom stereocenters. The average molecular weight is 388 g/mol. The molecule has 0 fully saturated rings. The molecule has 0 spiro atoms. The summed E-state index contributed by atoms with van der Waals surface area (Å²) in [5, 5.41) is 0. The zero-order valence-corrected chi connectivity index (χ0v) is 16.8. The highest BCUT2D eigenvalue weighted by Gasteiger charge is 2.17. The van der Waals surface area contributed by atoms with Crippen LogP contribution in [0.15, 0.2) is 30.3 Å². The number of allylic oxidation sites excluding steroid dienone is 1. The van der Waals surface area contributed by atoms with E-state index in [2.05, 4.69) is 0 Å². The van der Waals surface area contributed by atoms with Crippen LogP contribution in [0.25, 0.3) is 6.08 Å².